The van der Waals surface area contributed by atoms with Crippen LogP contribution in [0.25, 0.3) is 21.8 Å². The van der Waals surface area contributed by atoms with Crippen LogP contribution in [-0.4, -0.2) is 50.6 Å². The van der Waals surface area contributed by atoms with Crippen molar-refractivity contribution in [2.75, 3.05) is 33.3 Å². The fraction of sp³-hybridized carbons (Fsp3) is 0.308. The van der Waals surface area contributed by atoms with Gasteiger partial charge in [0.05, 0.1) is 38.2 Å². The minimum absolute atomic E-state index is 0.324. The number of ether oxygens (including phenoxy) is 1. The Kier molecular flexibility index (Phi) is 5.86. The molecule has 1 fully saturated rings. The molecule has 1 aromatic heterocycles. The summed E-state index contributed by atoms with van der Waals surface area (Å²) in [7, 11) is -1.90. The third-order valence-electron chi connectivity index (χ3n) is 6.73. The first-order valence-corrected chi connectivity index (χ1v) is 12.9. The van der Waals surface area contributed by atoms with Gasteiger partial charge in [-0.25, -0.2) is 8.42 Å². The van der Waals surface area contributed by atoms with Gasteiger partial charge in [0, 0.05) is 33.9 Å². The molecular weight excluding hydrogens is 434 g/mol. The van der Waals surface area contributed by atoms with Crippen LogP contribution in [0.1, 0.15) is 12.5 Å². The van der Waals surface area contributed by atoms with Crippen molar-refractivity contribution < 1.29 is 18.1 Å². The van der Waals surface area contributed by atoms with Crippen LogP contribution in [0.15, 0.2) is 71.6 Å². The summed E-state index contributed by atoms with van der Waals surface area (Å²) in [6.07, 6.45) is 0. The van der Waals surface area contributed by atoms with E-state index in [2.05, 4.69) is 54.0 Å². The maximum Gasteiger partial charge on any atom is 0.243 e. The van der Waals surface area contributed by atoms with Gasteiger partial charge in [-0.05, 0) is 49.4 Å². The van der Waals surface area contributed by atoms with Crippen molar-refractivity contribution in [2.45, 2.75) is 24.9 Å². The van der Waals surface area contributed by atoms with Gasteiger partial charge in [0.1, 0.15) is 12.3 Å². The number of quaternary nitrogens is 1. The van der Waals surface area contributed by atoms with Crippen LogP contribution in [0.2, 0.25) is 0 Å². The first-order chi connectivity index (χ1) is 16.0. The molecule has 0 spiro atoms. The van der Waals surface area contributed by atoms with E-state index in [-0.39, 0.29) is 0 Å². The van der Waals surface area contributed by atoms with Crippen LogP contribution in [0.4, 0.5) is 0 Å². The highest BCUT2D eigenvalue weighted by atomic mass is 32.2. The summed E-state index contributed by atoms with van der Waals surface area (Å²) < 4.78 is 35.2. The number of piperazine rings is 1. The Morgan fingerprint density at radius 1 is 0.909 bits per heavy atom. The van der Waals surface area contributed by atoms with Gasteiger partial charge in [-0.2, -0.15) is 4.31 Å². The van der Waals surface area contributed by atoms with E-state index in [1.165, 1.54) is 32.3 Å². The van der Waals surface area contributed by atoms with Crippen molar-refractivity contribution >= 4 is 31.8 Å². The zero-order valence-electron chi connectivity index (χ0n) is 19.1. The van der Waals surface area contributed by atoms with Crippen LogP contribution in [-0.2, 0) is 23.1 Å². The number of nitrogens with one attached hydrogen (secondary N) is 1. The molecule has 6 nitrogen and oxygen atoms in total. The molecule has 1 aliphatic heterocycles. The number of aromatic nitrogens is 1. The van der Waals surface area contributed by atoms with Crippen LogP contribution < -0.4 is 9.64 Å². The summed E-state index contributed by atoms with van der Waals surface area (Å²) in [5, 5.41) is 2.59. The van der Waals surface area contributed by atoms with Crippen molar-refractivity contribution in [1.82, 2.24) is 8.87 Å². The Hall–Kier alpha value is -2.87. The quantitative estimate of drug-likeness (QED) is 0.477. The van der Waals surface area contributed by atoms with Crippen LogP contribution in [0.5, 0.6) is 5.75 Å². The molecule has 0 saturated carbocycles. The van der Waals surface area contributed by atoms with Gasteiger partial charge < -0.3 is 14.2 Å². The van der Waals surface area contributed by atoms with E-state index in [0.717, 1.165) is 26.2 Å². The van der Waals surface area contributed by atoms with Gasteiger partial charge >= 0.3 is 0 Å². The molecule has 33 heavy (non-hydrogen) atoms. The number of hydrogen-bond acceptors (Lipinski definition) is 3. The molecule has 4 aromatic rings. The van der Waals surface area contributed by atoms with E-state index in [4.69, 9.17) is 4.74 Å². The topological polar surface area (TPSA) is 56.0 Å². The molecule has 0 aliphatic carbocycles. The second-order valence-corrected chi connectivity index (χ2v) is 10.6. The average molecular weight is 465 g/mol. The third kappa shape index (κ3) is 4.01. The third-order valence-corrected chi connectivity index (χ3v) is 8.65. The van der Waals surface area contributed by atoms with Crippen LogP contribution in [0.3, 0.4) is 0 Å². The van der Waals surface area contributed by atoms with Crippen molar-refractivity contribution in [3.63, 3.8) is 0 Å². The molecule has 3 aromatic carbocycles. The fourth-order valence-corrected chi connectivity index (χ4v) is 6.40. The highest BCUT2D eigenvalue weighted by molar-refractivity contribution is 7.89. The summed E-state index contributed by atoms with van der Waals surface area (Å²) in [6, 6.07) is 22.0. The summed E-state index contributed by atoms with van der Waals surface area (Å²) in [6.45, 7) is 6.68. The average Bonchev–Trinajstić information content (AvgIpc) is 3.17. The van der Waals surface area contributed by atoms with Gasteiger partial charge in [0.15, 0.2) is 0 Å². The van der Waals surface area contributed by atoms with Crippen LogP contribution in [0, 0.1) is 0 Å². The van der Waals surface area contributed by atoms with E-state index < -0.39 is 10.0 Å². The molecule has 0 amide bonds. The zero-order valence-corrected chi connectivity index (χ0v) is 19.9. The monoisotopic (exact) mass is 464 g/mol. The van der Waals surface area contributed by atoms with Crippen molar-refractivity contribution in [1.29, 1.82) is 0 Å². The van der Waals surface area contributed by atoms with E-state index in [1.54, 1.807) is 35.7 Å². The summed E-state index contributed by atoms with van der Waals surface area (Å²) in [4.78, 5) is 1.74. The predicted octanol–water partition coefficient (Wildman–Crippen LogP) is 2.91. The molecular formula is C26H30N3O3S+. The number of para-hydroxylation sites is 1. The minimum Gasteiger partial charge on any atom is -0.497 e. The normalized spacial score (nSPS) is 15.9. The molecule has 1 aliphatic rings. The highest BCUT2D eigenvalue weighted by Gasteiger charge is 2.30. The first kappa shape index (κ1) is 21.9. The Labute approximate surface area is 195 Å². The minimum atomic E-state index is -3.47. The molecule has 1 N–H and O–H groups in total. The molecule has 0 atom stereocenters. The second kappa shape index (κ2) is 8.82. The van der Waals surface area contributed by atoms with Gasteiger partial charge in [-0.15, -0.1) is 0 Å². The number of nitrogens with zero attached hydrogens (tertiary/aromatic N) is 2. The van der Waals surface area contributed by atoms with Crippen molar-refractivity contribution in [3.8, 4) is 5.75 Å². The summed E-state index contributed by atoms with van der Waals surface area (Å²) in [5.41, 5.74) is 3.84. The molecule has 0 radical (unpaired) electrons. The molecule has 5 rings (SSSR count). The summed E-state index contributed by atoms with van der Waals surface area (Å²) >= 11 is 0. The van der Waals surface area contributed by atoms with Gasteiger partial charge in [-0.3, -0.25) is 0 Å². The number of benzene rings is 3. The summed E-state index contributed by atoms with van der Waals surface area (Å²) in [5.74, 6) is 0.655. The van der Waals surface area contributed by atoms with E-state index >= 15 is 0 Å². The molecule has 0 unspecified atom stereocenters. The maximum atomic E-state index is 13.0. The van der Waals surface area contributed by atoms with E-state index in [0.29, 0.717) is 23.7 Å². The SMILES string of the molecule is CCn1c2ccccc2c2cc(C[NH+]3CCN(S(=O)(=O)c4ccc(OC)cc4)CC3)ccc21. The zero-order chi connectivity index (χ0) is 23.0. The lowest BCUT2D eigenvalue weighted by Crippen LogP contribution is -3.13. The largest absolute Gasteiger partial charge is 0.497 e. The second-order valence-electron chi connectivity index (χ2n) is 8.62. The Morgan fingerprint density at radius 2 is 1.61 bits per heavy atom. The standard InChI is InChI=1S/C26H29N3O3S/c1-3-29-25-7-5-4-6-23(25)24-18-20(8-13-26(24)29)19-27-14-16-28(17-15-27)33(30,31)22-11-9-21(32-2)10-12-22/h4-13,18H,3,14-17,19H2,1-2H3/p+1. The van der Waals surface area contributed by atoms with E-state index in [1.807, 2.05) is 0 Å². The van der Waals surface area contributed by atoms with Gasteiger partial charge in [0.2, 0.25) is 10.0 Å². The Morgan fingerprint density at radius 3 is 2.30 bits per heavy atom. The Balaban J connectivity index is 1.30. The molecule has 2 heterocycles. The first-order valence-electron chi connectivity index (χ1n) is 11.5. The highest BCUT2D eigenvalue weighted by Crippen LogP contribution is 2.29. The van der Waals surface area contributed by atoms with Gasteiger partial charge in [0.25, 0.3) is 0 Å². The number of hydrogen-bond donors (Lipinski definition) is 1. The Bertz CT molecular complexity index is 1390. The number of methoxy groups -OCH3 is 1. The van der Waals surface area contributed by atoms with Crippen LogP contribution >= 0.6 is 0 Å². The lowest BCUT2D eigenvalue weighted by Gasteiger charge is -2.31. The predicted molar refractivity (Wildman–Crippen MR) is 131 cm³/mol. The lowest BCUT2D eigenvalue weighted by molar-refractivity contribution is -0.917. The lowest BCUT2D eigenvalue weighted by atomic mass is 10.1. The molecule has 1 saturated heterocycles. The molecule has 172 valence electrons. The maximum absolute atomic E-state index is 13.0. The molecule has 0 bridgehead atoms. The van der Waals surface area contributed by atoms with Crippen molar-refractivity contribution in [3.05, 3.63) is 72.3 Å². The number of aryl methyl sites for hydroxylation is 1. The van der Waals surface area contributed by atoms with E-state index in [9.17, 15) is 8.42 Å². The number of rotatable bonds is 6. The number of sulfonamides is 1. The smallest absolute Gasteiger partial charge is 0.243 e. The molecule has 7 heteroatoms. The van der Waals surface area contributed by atoms with Crippen molar-refractivity contribution in [2.24, 2.45) is 0 Å². The fourth-order valence-electron chi connectivity index (χ4n) is 4.96. The number of fused-ring (bicyclic) bond motifs is 3. The van der Waals surface area contributed by atoms with Gasteiger partial charge in [-0.1, -0.05) is 24.3 Å².